The van der Waals surface area contributed by atoms with Crippen LogP contribution in [0.3, 0.4) is 0 Å². The smallest absolute Gasteiger partial charge is 0.139 e. The van der Waals surface area contributed by atoms with Crippen LogP contribution in [0.15, 0.2) is 35.2 Å². The van der Waals surface area contributed by atoms with Crippen molar-refractivity contribution in [2.24, 2.45) is 11.3 Å². The summed E-state index contributed by atoms with van der Waals surface area (Å²) in [6.45, 7) is 4.37. The van der Waals surface area contributed by atoms with Gasteiger partial charge in [0.25, 0.3) is 0 Å². The lowest BCUT2D eigenvalue weighted by Crippen LogP contribution is -2.40. The zero-order valence-corrected chi connectivity index (χ0v) is 11.4. The van der Waals surface area contributed by atoms with E-state index < -0.39 is 0 Å². The fourth-order valence-electron chi connectivity index (χ4n) is 2.42. The van der Waals surface area contributed by atoms with Crippen LogP contribution >= 0.6 is 11.8 Å². The molecule has 1 aliphatic carbocycles. The minimum absolute atomic E-state index is 0.126. The highest BCUT2D eigenvalue weighted by Gasteiger charge is 2.40. The van der Waals surface area contributed by atoms with Crippen molar-refractivity contribution in [2.75, 3.05) is 5.75 Å². The molecule has 0 heterocycles. The number of benzene rings is 1. The number of hydrogen-bond acceptors (Lipinski definition) is 2. The van der Waals surface area contributed by atoms with Crippen molar-refractivity contribution in [3.05, 3.63) is 30.3 Å². The van der Waals surface area contributed by atoms with Crippen molar-refractivity contribution < 1.29 is 4.79 Å². The Morgan fingerprint density at radius 2 is 2.06 bits per heavy atom. The SMILES string of the molecule is C[C@@H]1CCCC(=O)[C@]1(C)CSc1ccccc1. The van der Waals surface area contributed by atoms with Gasteiger partial charge >= 0.3 is 0 Å². The van der Waals surface area contributed by atoms with Crippen LogP contribution < -0.4 is 0 Å². The molecule has 2 heteroatoms. The Balaban J connectivity index is 2.03. The summed E-state index contributed by atoms with van der Waals surface area (Å²) in [5.74, 6) is 1.89. The second kappa shape index (κ2) is 5.26. The molecule has 0 radical (unpaired) electrons. The largest absolute Gasteiger partial charge is 0.299 e. The molecule has 0 spiro atoms. The Kier molecular flexibility index (Phi) is 3.93. The summed E-state index contributed by atoms with van der Waals surface area (Å²) in [5.41, 5.74) is -0.126. The number of Topliss-reactive ketones (excluding diaryl/α,β-unsaturated/α-hetero) is 1. The van der Waals surface area contributed by atoms with Crippen molar-refractivity contribution in [3.8, 4) is 0 Å². The van der Waals surface area contributed by atoms with Crippen LogP contribution in [-0.2, 0) is 4.79 Å². The molecule has 0 saturated heterocycles. The number of ketones is 1. The highest BCUT2D eigenvalue weighted by Crippen LogP contribution is 2.41. The number of rotatable bonds is 3. The molecule has 0 aromatic heterocycles. The second-order valence-corrected chi connectivity index (χ2v) is 6.28. The van der Waals surface area contributed by atoms with E-state index in [0.717, 1.165) is 18.6 Å². The third-order valence-electron chi connectivity index (χ3n) is 4.05. The van der Waals surface area contributed by atoms with Crippen molar-refractivity contribution in [2.45, 2.75) is 38.0 Å². The van der Waals surface area contributed by atoms with Crippen LogP contribution in [0.2, 0.25) is 0 Å². The second-order valence-electron chi connectivity index (χ2n) is 5.24. The number of hydrogen-bond donors (Lipinski definition) is 0. The molecule has 1 aliphatic rings. The van der Waals surface area contributed by atoms with E-state index in [-0.39, 0.29) is 5.41 Å². The van der Waals surface area contributed by atoms with E-state index in [0.29, 0.717) is 11.7 Å². The highest BCUT2D eigenvalue weighted by atomic mass is 32.2. The first-order valence-corrected chi connectivity index (χ1v) is 7.32. The predicted octanol–water partition coefficient (Wildman–Crippen LogP) is 4.17. The van der Waals surface area contributed by atoms with Crippen molar-refractivity contribution >= 4 is 17.5 Å². The number of carbonyl (C=O) groups is 1. The van der Waals surface area contributed by atoms with Crippen LogP contribution in [0, 0.1) is 11.3 Å². The maximum atomic E-state index is 12.1. The molecule has 0 unspecified atom stereocenters. The maximum Gasteiger partial charge on any atom is 0.139 e. The van der Waals surface area contributed by atoms with Gasteiger partial charge in [-0.1, -0.05) is 32.0 Å². The molecule has 0 bridgehead atoms. The monoisotopic (exact) mass is 248 g/mol. The lowest BCUT2D eigenvalue weighted by atomic mass is 9.69. The summed E-state index contributed by atoms with van der Waals surface area (Å²) in [6, 6.07) is 10.4. The average molecular weight is 248 g/mol. The van der Waals surface area contributed by atoms with Crippen LogP contribution in [0.4, 0.5) is 0 Å². The Hall–Kier alpha value is -0.760. The van der Waals surface area contributed by atoms with Gasteiger partial charge in [-0.05, 0) is 30.9 Å². The zero-order valence-electron chi connectivity index (χ0n) is 10.6. The molecule has 92 valence electrons. The van der Waals surface area contributed by atoms with Crippen molar-refractivity contribution in [3.63, 3.8) is 0 Å². The first-order chi connectivity index (χ1) is 8.13. The van der Waals surface area contributed by atoms with Gasteiger partial charge in [0.2, 0.25) is 0 Å². The summed E-state index contributed by atoms with van der Waals surface area (Å²) >= 11 is 1.81. The Morgan fingerprint density at radius 1 is 1.35 bits per heavy atom. The molecule has 1 nitrogen and oxygen atoms in total. The third kappa shape index (κ3) is 2.74. The van der Waals surface area contributed by atoms with E-state index in [1.807, 2.05) is 17.8 Å². The van der Waals surface area contributed by atoms with E-state index in [1.54, 1.807) is 0 Å². The standard InChI is InChI=1S/C15H20OS/c1-12-7-6-10-14(16)15(12,2)11-17-13-8-4-3-5-9-13/h3-5,8-9,12H,6-7,10-11H2,1-2H3/t12-,15-/m1/s1. The molecule has 0 N–H and O–H groups in total. The molecular formula is C15H20OS. The van der Waals surface area contributed by atoms with E-state index >= 15 is 0 Å². The third-order valence-corrected chi connectivity index (χ3v) is 5.40. The van der Waals surface area contributed by atoms with Crippen LogP contribution in [0.25, 0.3) is 0 Å². The van der Waals surface area contributed by atoms with Gasteiger partial charge < -0.3 is 0 Å². The molecule has 17 heavy (non-hydrogen) atoms. The fraction of sp³-hybridized carbons (Fsp3) is 0.533. The summed E-state index contributed by atoms with van der Waals surface area (Å²) in [5, 5.41) is 0. The molecule has 1 saturated carbocycles. The lowest BCUT2D eigenvalue weighted by Gasteiger charge is -2.37. The Bertz CT molecular complexity index is 387. The summed E-state index contributed by atoms with van der Waals surface area (Å²) in [7, 11) is 0. The van der Waals surface area contributed by atoms with Gasteiger partial charge in [-0.3, -0.25) is 4.79 Å². The predicted molar refractivity (Wildman–Crippen MR) is 73.3 cm³/mol. The first kappa shape index (κ1) is 12.7. The molecule has 0 amide bonds. The molecular weight excluding hydrogens is 228 g/mol. The van der Waals surface area contributed by atoms with Crippen molar-refractivity contribution in [1.29, 1.82) is 0 Å². The Morgan fingerprint density at radius 3 is 2.71 bits per heavy atom. The van der Waals surface area contributed by atoms with E-state index in [4.69, 9.17) is 0 Å². The lowest BCUT2D eigenvalue weighted by molar-refractivity contribution is -0.131. The summed E-state index contributed by atoms with van der Waals surface area (Å²) < 4.78 is 0. The van der Waals surface area contributed by atoms with Crippen LogP contribution in [0.1, 0.15) is 33.1 Å². The molecule has 2 rings (SSSR count). The van der Waals surface area contributed by atoms with Gasteiger partial charge in [0.15, 0.2) is 0 Å². The van der Waals surface area contributed by atoms with E-state index in [2.05, 4.69) is 38.1 Å². The minimum atomic E-state index is -0.126. The number of carbonyl (C=O) groups excluding carboxylic acids is 1. The highest BCUT2D eigenvalue weighted by molar-refractivity contribution is 7.99. The van der Waals surface area contributed by atoms with Gasteiger partial charge in [0.05, 0.1) is 0 Å². The minimum Gasteiger partial charge on any atom is -0.299 e. The van der Waals surface area contributed by atoms with Gasteiger partial charge in [0, 0.05) is 22.5 Å². The van der Waals surface area contributed by atoms with E-state index in [1.165, 1.54) is 11.3 Å². The van der Waals surface area contributed by atoms with E-state index in [9.17, 15) is 4.79 Å². The van der Waals surface area contributed by atoms with Crippen molar-refractivity contribution in [1.82, 2.24) is 0 Å². The van der Waals surface area contributed by atoms with Gasteiger partial charge in [-0.2, -0.15) is 0 Å². The van der Waals surface area contributed by atoms with Gasteiger partial charge in [0.1, 0.15) is 5.78 Å². The van der Waals surface area contributed by atoms with Crippen LogP contribution in [0.5, 0.6) is 0 Å². The normalized spacial score (nSPS) is 29.3. The zero-order chi connectivity index (χ0) is 12.3. The molecule has 0 aliphatic heterocycles. The fourth-order valence-corrected chi connectivity index (χ4v) is 3.68. The van der Waals surface area contributed by atoms with Gasteiger partial charge in [-0.25, -0.2) is 0 Å². The van der Waals surface area contributed by atoms with Crippen LogP contribution in [-0.4, -0.2) is 11.5 Å². The average Bonchev–Trinajstić information content (AvgIpc) is 2.35. The topological polar surface area (TPSA) is 17.1 Å². The molecule has 2 atom stereocenters. The summed E-state index contributed by atoms with van der Waals surface area (Å²) in [6.07, 6.45) is 3.04. The van der Waals surface area contributed by atoms with Gasteiger partial charge in [-0.15, -0.1) is 11.8 Å². The Labute approximate surface area is 108 Å². The maximum absolute atomic E-state index is 12.1. The molecule has 1 fully saturated rings. The summed E-state index contributed by atoms with van der Waals surface area (Å²) in [4.78, 5) is 13.4. The molecule has 1 aromatic carbocycles. The first-order valence-electron chi connectivity index (χ1n) is 6.34. The molecule has 1 aromatic rings. The quantitative estimate of drug-likeness (QED) is 0.747. The number of thioether (sulfide) groups is 1.